The molecule has 0 saturated carbocycles. The number of hydrogen-bond donors (Lipinski definition) is 0. The maximum absolute atomic E-state index is 5.88. The van der Waals surface area contributed by atoms with E-state index < -0.39 is 0 Å². The van der Waals surface area contributed by atoms with Gasteiger partial charge < -0.3 is 4.90 Å². The molecule has 12 heavy (non-hydrogen) atoms. The van der Waals surface area contributed by atoms with Crippen LogP contribution in [0.15, 0.2) is 0 Å². The fourth-order valence-electron chi connectivity index (χ4n) is 0.849. The molecule has 0 saturated heterocycles. The van der Waals surface area contributed by atoms with Crippen molar-refractivity contribution in [1.29, 1.82) is 0 Å². The Morgan fingerprint density at radius 2 is 1.58 bits per heavy atom. The Balaban J connectivity index is 3.23. The molecule has 0 aliphatic heterocycles. The van der Waals surface area contributed by atoms with Gasteiger partial charge in [-0.1, -0.05) is 11.6 Å². The molecular formula is C8H12ClN3. The number of halogens is 1. The molecule has 1 rings (SSSR count). The molecule has 1 aromatic rings. The Bertz CT molecular complexity index is 297. The van der Waals surface area contributed by atoms with E-state index in [1.165, 1.54) is 0 Å². The van der Waals surface area contributed by atoms with E-state index in [4.69, 9.17) is 11.6 Å². The van der Waals surface area contributed by atoms with Gasteiger partial charge in [-0.25, -0.2) is 9.97 Å². The van der Waals surface area contributed by atoms with Crippen molar-refractivity contribution >= 4 is 17.4 Å². The molecular weight excluding hydrogens is 174 g/mol. The van der Waals surface area contributed by atoms with Crippen molar-refractivity contribution in [3.63, 3.8) is 0 Å². The van der Waals surface area contributed by atoms with Crippen LogP contribution in [0.3, 0.4) is 0 Å². The summed E-state index contributed by atoms with van der Waals surface area (Å²) in [7, 11) is 3.79. The summed E-state index contributed by atoms with van der Waals surface area (Å²) < 4.78 is 0. The van der Waals surface area contributed by atoms with E-state index in [0.29, 0.717) is 5.15 Å². The number of rotatable bonds is 1. The molecule has 0 N–H and O–H groups in total. The fourth-order valence-corrected chi connectivity index (χ4v) is 1.19. The molecule has 0 aliphatic carbocycles. The largest absolute Gasteiger partial charge is 0.360 e. The highest BCUT2D eigenvalue weighted by atomic mass is 35.5. The van der Waals surface area contributed by atoms with Gasteiger partial charge in [-0.3, -0.25) is 0 Å². The second-order valence-corrected chi connectivity index (χ2v) is 3.26. The SMILES string of the molecule is Cc1nc(Cl)c(N(C)C)nc1C. The second-order valence-electron chi connectivity index (χ2n) is 2.90. The Morgan fingerprint density at radius 3 is 2.08 bits per heavy atom. The first-order valence-corrected chi connectivity index (χ1v) is 4.08. The third kappa shape index (κ3) is 1.67. The standard InChI is InChI=1S/C8H12ClN3/c1-5-6(2)11-8(12(3)4)7(9)10-5/h1-4H3. The van der Waals surface area contributed by atoms with Gasteiger partial charge in [0, 0.05) is 14.1 Å². The lowest BCUT2D eigenvalue weighted by Crippen LogP contribution is -2.13. The van der Waals surface area contributed by atoms with Gasteiger partial charge in [0.05, 0.1) is 11.4 Å². The first-order valence-electron chi connectivity index (χ1n) is 3.70. The number of hydrogen-bond acceptors (Lipinski definition) is 3. The summed E-state index contributed by atoms with van der Waals surface area (Å²) in [5.41, 5.74) is 1.80. The summed E-state index contributed by atoms with van der Waals surface area (Å²) in [5, 5.41) is 0.461. The highest BCUT2D eigenvalue weighted by Gasteiger charge is 2.07. The van der Waals surface area contributed by atoms with Gasteiger partial charge in [-0.05, 0) is 13.8 Å². The summed E-state index contributed by atoms with van der Waals surface area (Å²) in [6, 6.07) is 0. The van der Waals surface area contributed by atoms with Crippen LogP contribution >= 0.6 is 11.6 Å². The lowest BCUT2D eigenvalue weighted by atomic mass is 10.3. The number of aromatic nitrogens is 2. The number of aryl methyl sites for hydroxylation is 2. The van der Waals surface area contributed by atoms with Crippen LogP contribution < -0.4 is 4.90 Å². The zero-order valence-corrected chi connectivity index (χ0v) is 8.48. The molecule has 0 aliphatic rings. The quantitative estimate of drug-likeness (QED) is 0.669. The average molecular weight is 186 g/mol. The zero-order valence-electron chi connectivity index (χ0n) is 7.72. The fraction of sp³-hybridized carbons (Fsp3) is 0.500. The molecule has 0 radical (unpaired) electrons. The van der Waals surface area contributed by atoms with Crippen molar-refractivity contribution in [2.75, 3.05) is 19.0 Å². The van der Waals surface area contributed by atoms with Crippen molar-refractivity contribution in [3.05, 3.63) is 16.5 Å². The molecule has 66 valence electrons. The Kier molecular flexibility index (Phi) is 2.52. The molecule has 1 aromatic heterocycles. The first-order chi connectivity index (χ1) is 5.52. The van der Waals surface area contributed by atoms with E-state index in [1.54, 1.807) is 0 Å². The van der Waals surface area contributed by atoms with E-state index in [9.17, 15) is 0 Å². The maximum Gasteiger partial charge on any atom is 0.171 e. The summed E-state index contributed by atoms with van der Waals surface area (Å²) in [6.45, 7) is 3.82. The molecule has 0 fully saturated rings. The summed E-state index contributed by atoms with van der Waals surface area (Å²) >= 11 is 5.88. The van der Waals surface area contributed by atoms with Crippen molar-refractivity contribution in [2.45, 2.75) is 13.8 Å². The molecule has 3 nitrogen and oxygen atoms in total. The van der Waals surface area contributed by atoms with Crippen LogP contribution in [-0.4, -0.2) is 24.1 Å². The Hall–Kier alpha value is -0.830. The summed E-state index contributed by atoms with van der Waals surface area (Å²) in [6.07, 6.45) is 0. The van der Waals surface area contributed by atoms with Crippen LogP contribution in [0.4, 0.5) is 5.82 Å². The molecule has 0 aromatic carbocycles. The van der Waals surface area contributed by atoms with Crippen molar-refractivity contribution in [2.24, 2.45) is 0 Å². The molecule has 0 atom stereocenters. The van der Waals surface area contributed by atoms with Gasteiger partial charge in [-0.15, -0.1) is 0 Å². The van der Waals surface area contributed by atoms with Gasteiger partial charge in [0.25, 0.3) is 0 Å². The van der Waals surface area contributed by atoms with E-state index in [-0.39, 0.29) is 0 Å². The van der Waals surface area contributed by atoms with Crippen LogP contribution in [-0.2, 0) is 0 Å². The Labute approximate surface area is 77.4 Å². The zero-order chi connectivity index (χ0) is 9.30. The Morgan fingerprint density at radius 1 is 1.08 bits per heavy atom. The van der Waals surface area contributed by atoms with Crippen LogP contribution in [0, 0.1) is 13.8 Å². The molecule has 0 spiro atoms. The van der Waals surface area contributed by atoms with Crippen LogP contribution in [0.1, 0.15) is 11.4 Å². The highest BCUT2D eigenvalue weighted by Crippen LogP contribution is 2.20. The molecule has 1 heterocycles. The first kappa shape index (κ1) is 9.26. The smallest absolute Gasteiger partial charge is 0.171 e. The molecule has 0 amide bonds. The lowest BCUT2D eigenvalue weighted by molar-refractivity contribution is 0.982. The molecule has 0 unspecified atom stereocenters. The van der Waals surface area contributed by atoms with Gasteiger partial charge in [0.2, 0.25) is 0 Å². The molecule has 0 bridgehead atoms. The second kappa shape index (κ2) is 3.27. The molecule has 4 heteroatoms. The maximum atomic E-state index is 5.88. The van der Waals surface area contributed by atoms with Gasteiger partial charge in [0.1, 0.15) is 0 Å². The van der Waals surface area contributed by atoms with E-state index in [0.717, 1.165) is 17.2 Å². The van der Waals surface area contributed by atoms with Gasteiger partial charge >= 0.3 is 0 Å². The minimum atomic E-state index is 0.461. The average Bonchev–Trinajstić information content (AvgIpc) is 1.96. The van der Waals surface area contributed by atoms with E-state index >= 15 is 0 Å². The third-order valence-corrected chi connectivity index (χ3v) is 1.92. The normalized spacial score (nSPS) is 10.1. The minimum Gasteiger partial charge on any atom is -0.360 e. The minimum absolute atomic E-state index is 0.461. The van der Waals surface area contributed by atoms with Crippen LogP contribution in [0.2, 0.25) is 5.15 Å². The van der Waals surface area contributed by atoms with Crippen LogP contribution in [0.25, 0.3) is 0 Å². The summed E-state index contributed by atoms with van der Waals surface area (Å²) in [5.74, 6) is 0.722. The van der Waals surface area contributed by atoms with Gasteiger partial charge in [0.15, 0.2) is 11.0 Å². The predicted octanol–water partition coefficient (Wildman–Crippen LogP) is 1.81. The van der Waals surface area contributed by atoms with E-state index in [2.05, 4.69) is 9.97 Å². The number of nitrogens with zero attached hydrogens (tertiary/aromatic N) is 3. The number of anilines is 1. The van der Waals surface area contributed by atoms with Crippen molar-refractivity contribution in [1.82, 2.24) is 9.97 Å². The predicted molar refractivity (Wildman–Crippen MR) is 50.8 cm³/mol. The van der Waals surface area contributed by atoms with E-state index in [1.807, 2.05) is 32.8 Å². The van der Waals surface area contributed by atoms with Crippen molar-refractivity contribution < 1.29 is 0 Å². The topological polar surface area (TPSA) is 29.0 Å². The highest BCUT2D eigenvalue weighted by molar-refractivity contribution is 6.31. The monoisotopic (exact) mass is 185 g/mol. The third-order valence-electron chi connectivity index (χ3n) is 1.67. The lowest BCUT2D eigenvalue weighted by Gasteiger charge is -2.13. The van der Waals surface area contributed by atoms with Crippen LogP contribution in [0.5, 0.6) is 0 Å². The van der Waals surface area contributed by atoms with Gasteiger partial charge in [-0.2, -0.15) is 0 Å². The van der Waals surface area contributed by atoms with Crippen molar-refractivity contribution in [3.8, 4) is 0 Å². The summed E-state index contributed by atoms with van der Waals surface area (Å²) in [4.78, 5) is 10.3.